The zero-order valence-corrected chi connectivity index (χ0v) is 16.9. The lowest BCUT2D eigenvalue weighted by molar-refractivity contribution is -0.146. The van der Waals surface area contributed by atoms with E-state index < -0.39 is 6.04 Å². The van der Waals surface area contributed by atoms with Crippen LogP contribution in [0.1, 0.15) is 51.9 Å². The largest absolute Gasteiger partial charge is 0.378 e. The molecule has 0 radical (unpaired) electrons. The summed E-state index contributed by atoms with van der Waals surface area (Å²) < 4.78 is 5.25. The lowest BCUT2D eigenvalue weighted by Crippen LogP contribution is -2.54. The van der Waals surface area contributed by atoms with E-state index in [4.69, 9.17) is 4.74 Å². The maximum Gasteiger partial charge on any atom is 0.245 e. The molecule has 4 saturated carbocycles. The summed E-state index contributed by atoms with van der Waals surface area (Å²) in [6, 6.07) is -0.551. The Labute approximate surface area is 166 Å². The summed E-state index contributed by atoms with van der Waals surface area (Å²) in [4.78, 5) is 39.2. The molecule has 2 N–H and O–H groups in total. The highest BCUT2D eigenvalue weighted by molar-refractivity contribution is 5.88. The van der Waals surface area contributed by atoms with Gasteiger partial charge < -0.3 is 20.3 Å². The fourth-order valence-electron chi connectivity index (χ4n) is 6.30. The molecule has 0 aromatic rings. The first-order valence-electron chi connectivity index (χ1n) is 10.9. The Balaban J connectivity index is 1.20. The second-order valence-corrected chi connectivity index (χ2v) is 9.43. The normalized spacial score (nSPS) is 34.8. The number of hydrogen-bond donors (Lipinski definition) is 2. The first-order valence-corrected chi connectivity index (χ1v) is 10.9. The van der Waals surface area contributed by atoms with Crippen LogP contribution < -0.4 is 10.6 Å². The topological polar surface area (TPSA) is 87.7 Å². The lowest BCUT2D eigenvalue weighted by atomic mass is 9.49. The number of ether oxygens (including phenoxy) is 1. The molecule has 3 amide bonds. The maximum absolute atomic E-state index is 12.9. The summed E-state index contributed by atoms with van der Waals surface area (Å²) >= 11 is 0. The number of carbonyl (C=O) groups is 3. The van der Waals surface area contributed by atoms with Gasteiger partial charge in [-0.25, -0.2) is 0 Å². The van der Waals surface area contributed by atoms with Crippen LogP contribution in [0.15, 0.2) is 0 Å². The van der Waals surface area contributed by atoms with E-state index in [-0.39, 0.29) is 29.6 Å². The zero-order chi connectivity index (χ0) is 19.7. The van der Waals surface area contributed by atoms with E-state index in [1.165, 1.54) is 19.3 Å². The molecule has 5 rings (SSSR count). The average Bonchev–Trinajstić information content (AvgIpc) is 2.67. The van der Waals surface area contributed by atoms with Gasteiger partial charge in [0.25, 0.3) is 0 Å². The van der Waals surface area contributed by atoms with Crippen LogP contribution in [-0.4, -0.2) is 61.5 Å². The van der Waals surface area contributed by atoms with E-state index in [0.717, 1.165) is 37.0 Å². The number of rotatable bonds is 6. The first-order chi connectivity index (χ1) is 13.4. The van der Waals surface area contributed by atoms with Gasteiger partial charge in [-0.3, -0.25) is 14.4 Å². The summed E-state index contributed by atoms with van der Waals surface area (Å²) in [6.45, 7) is 4.28. The van der Waals surface area contributed by atoms with Gasteiger partial charge in [-0.05, 0) is 63.2 Å². The minimum atomic E-state index is -0.551. The van der Waals surface area contributed by atoms with E-state index in [1.54, 1.807) is 11.8 Å². The summed E-state index contributed by atoms with van der Waals surface area (Å²) in [7, 11) is 0. The third kappa shape index (κ3) is 4.04. The molecule has 5 fully saturated rings. The van der Waals surface area contributed by atoms with Crippen molar-refractivity contribution in [1.29, 1.82) is 0 Å². The summed E-state index contributed by atoms with van der Waals surface area (Å²) in [5.41, 5.74) is -0.176. The number of nitrogens with zero attached hydrogens (tertiary/aromatic N) is 1. The highest BCUT2D eigenvalue weighted by Crippen LogP contribution is 2.60. The number of carbonyl (C=O) groups excluding carboxylic acids is 3. The van der Waals surface area contributed by atoms with Crippen molar-refractivity contribution in [3.63, 3.8) is 0 Å². The van der Waals surface area contributed by atoms with E-state index in [9.17, 15) is 14.4 Å². The van der Waals surface area contributed by atoms with Crippen molar-refractivity contribution in [1.82, 2.24) is 15.5 Å². The molecule has 1 aliphatic heterocycles. The molecule has 7 heteroatoms. The zero-order valence-electron chi connectivity index (χ0n) is 16.9. The molecule has 0 aromatic heterocycles. The second kappa shape index (κ2) is 8.01. The van der Waals surface area contributed by atoms with Crippen molar-refractivity contribution >= 4 is 17.7 Å². The van der Waals surface area contributed by atoms with Crippen molar-refractivity contribution in [2.45, 2.75) is 57.9 Å². The Bertz CT molecular complexity index is 594. The molecule has 7 nitrogen and oxygen atoms in total. The van der Waals surface area contributed by atoms with E-state index >= 15 is 0 Å². The van der Waals surface area contributed by atoms with Crippen LogP contribution in [-0.2, 0) is 19.1 Å². The van der Waals surface area contributed by atoms with Crippen molar-refractivity contribution in [2.75, 3.05) is 32.8 Å². The van der Waals surface area contributed by atoms with E-state index in [2.05, 4.69) is 10.6 Å². The third-order valence-corrected chi connectivity index (χ3v) is 7.23. The Morgan fingerprint density at radius 3 is 2.18 bits per heavy atom. The molecule has 156 valence electrons. The quantitative estimate of drug-likeness (QED) is 0.709. The molecule has 5 aliphatic rings. The van der Waals surface area contributed by atoms with Crippen LogP contribution >= 0.6 is 0 Å². The second-order valence-electron chi connectivity index (χ2n) is 9.43. The standard InChI is InChI=1S/C21H33N3O4/c1-14(19(26)24-4-6-28-7-5-24)23-18(25)2-3-22-20(27)21-11-15-8-16(12-21)10-17(9-15)13-21/h14-17H,2-13H2,1H3,(H,22,27)(H,23,25). The van der Waals surface area contributed by atoms with Crippen LogP contribution in [0, 0.1) is 23.2 Å². The molecule has 1 atom stereocenters. The van der Waals surface area contributed by atoms with Crippen LogP contribution in [0.2, 0.25) is 0 Å². The van der Waals surface area contributed by atoms with Gasteiger partial charge in [0.05, 0.1) is 13.2 Å². The fraction of sp³-hybridized carbons (Fsp3) is 0.857. The van der Waals surface area contributed by atoms with Gasteiger partial charge in [0.15, 0.2) is 0 Å². The highest BCUT2D eigenvalue weighted by Gasteiger charge is 2.54. The minimum Gasteiger partial charge on any atom is -0.378 e. The molecule has 4 aliphatic carbocycles. The van der Waals surface area contributed by atoms with Crippen molar-refractivity contribution in [3.05, 3.63) is 0 Å². The number of amides is 3. The van der Waals surface area contributed by atoms with Gasteiger partial charge in [-0.15, -0.1) is 0 Å². The third-order valence-electron chi connectivity index (χ3n) is 7.23. The van der Waals surface area contributed by atoms with Crippen molar-refractivity contribution in [3.8, 4) is 0 Å². The van der Waals surface area contributed by atoms with Gasteiger partial charge >= 0.3 is 0 Å². The predicted octanol–water partition coefficient (Wildman–Crippen LogP) is 1.07. The molecule has 0 spiro atoms. The monoisotopic (exact) mass is 391 g/mol. The van der Waals surface area contributed by atoms with Gasteiger partial charge in [0.2, 0.25) is 17.7 Å². The SMILES string of the molecule is CC(NC(=O)CCNC(=O)C12CC3CC(CC(C3)C1)C2)C(=O)N1CCOCC1. The van der Waals surface area contributed by atoms with Crippen LogP contribution in [0.5, 0.6) is 0 Å². The molecule has 1 saturated heterocycles. The summed E-state index contributed by atoms with van der Waals surface area (Å²) in [6.07, 6.45) is 7.23. The molecular formula is C21H33N3O4. The van der Waals surface area contributed by atoms with Crippen molar-refractivity contribution < 1.29 is 19.1 Å². The number of hydrogen-bond acceptors (Lipinski definition) is 4. The van der Waals surface area contributed by atoms with Crippen molar-refractivity contribution in [2.24, 2.45) is 23.2 Å². The number of morpholine rings is 1. The van der Waals surface area contributed by atoms with Crippen LogP contribution in [0.4, 0.5) is 0 Å². The Kier molecular flexibility index (Phi) is 5.63. The molecule has 0 aromatic carbocycles. The maximum atomic E-state index is 12.9. The molecule has 4 bridgehead atoms. The van der Waals surface area contributed by atoms with E-state index in [0.29, 0.717) is 32.8 Å². The average molecular weight is 392 g/mol. The van der Waals surface area contributed by atoms with Crippen LogP contribution in [0.25, 0.3) is 0 Å². The van der Waals surface area contributed by atoms with Gasteiger partial charge in [-0.1, -0.05) is 0 Å². The minimum absolute atomic E-state index is 0.0748. The number of nitrogens with one attached hydrogen (secondary N) is 2. The fourth-order valence-corrected chi connectivity index (χ4v) is 6.30. The molecule has 28 heavy (non-hydrogen) atoms. The highest BCUT2D eigenvalue weighted by atomic mass is 16.5. The van der Waals surface area contributed by atoms with Crippen LogP contribution in [0.3, 0.4) is 0 Å². The first kappa shape index (κ1) is 19.7. The Morgan fingerprint density at radius 1 is 1.04 bits per heavy atom. The molecule has 1 heterocycles. The Hall–Kier alpha value is -1.63. The predicted molar refractivity (Wildman–Crippen MR) is 103 cm³/mol. The van der Waals surface area contributed by atoms with E-state index in [1.807, 2.05) is 0 Å². The Morgan fingerprint density at radius 2 is 1.61 bits per heavy atom. The molecular weight excluding hydrogens is 358 g/mol. The van der Waals surface area contributed by atoms with Gasteiger partial charge in [0, 0.05) is 31.5 Å². The van der Waals surface area contributed by atoms with Gasteiger partial charge in [-0.2, -0.15) is 0 Å². The summed E-state index contributed by atoms with van der Waals surface area (Å²) in [5, 5.41) is 5.79. The smallest absolute Gasteiger partial charge is 0.245 e. The van der Waals surface area contributed by atoms with Gasteiger partial charge in [0.1, 0.15) is 6.04 Å². The lowest BCUT2D eigenvalue weighted by Gasteiger charge is -2.55. The molecule has 1 unspecified atom stereocenters. The summed E-state index contributed by atoms with van der Waals surface area (Å²) in [5.74, 6) is 2.07.